The predicted octanol–water partition coefficient (Wildman–Crippen LogP) is 2.64. The Morgan fingerprint density at radius 3 is 2.58 bits per heavy atom. The normalized spacial score (nSPS) is 10.5. The smallest absolute Gasteiger partial charge is 0.134 e. The zero-order valence-electron chi connectivity index (χ0n) is 11.7. The van der Waals surface area contributed by atoms with Crippen LogP contribution in [0.2, 0.25) is 0 Å². The summed E-state index contributed by atoms with van der Waals surface area (Å²) in [7, 11) is 0. The average Bonchev–Trinajstić information content (AvgIpc) is 2.37. The van der Waals surface area contributed by atoms with Gasteiger partial charge in [-0.05, 0) is 38.3 Å². The summed E-state index contributed by atoms with van der Waals surface area (Å²) in [5.41, 5.74) is 9.42. The van der Waals surface area contributed by atoms with Crippen molar-refractivity contribution in [2.75, 3.05) is 17.6 Å². The molecular formula is C15H20N4. The maximum Gasteiger partial charge on any atom is 0.134 e. The van der Waals surface area contributed by atoms with Crippen molar-refractivity contribution in [3.05, 3.63) is 46.8 Å². The van der Waals surface area contributed by atoms with Gasteiger partial charge in [-0.25, -0.2) is 9.97 Å². The number of hydrogen-bond acceptors (Lipinski definition) is 4. The fraction of sp³-hybridized carbons (Fsp3) is 0.333. The van der Waals surface area contributed by atoms with Gasteiger partial charge >= 0.3 is 0 Å². The number of nitrogens with two attached hydrogens (primary N) is 1. The lowest BCUT2D eigenvalue weighted by atomic mass is 10.1. The van der Waals surface area contributed by atoms with Crippen LogP contribution in [0.4, 0.5) is 11.6 Å². The number of nitrogens with one attached hydrogen (secondary N) is 1. The van der Waals surface area contributed by atoms with E-state index < -0.39 is 0 Å². The van der Waals surface area contributed by atoms with Gasteiger partial charge in [0.25, 0.3) is 0 Å². The van der Waals surface area contributed by atoms with Crippen molar-refractivity contribution in [3.8, 4) is 0 Å². The average molecular weight is 256 g/mol. The van der Waals surface area contributed by atoms with E-state index >= 15 is 0 Å². The lowest BCUT2D eigenvalue weighted by Crippen LogP contribution is -2.11. The van der Waals surface area contributed by atoms with E-state index in [9.17, 15) is 0 Å². The number of rotatable bonds is 4. The molecule has 0 spiro atoms. The molecule has 2 aromatic rings. The molecule has 0 saturated heterocycles. The molecule has 0 bridgehead atoms. The molecule has 0 aliphatic heterocycles. The standard InChI is InChI=1S/C15H20N4/c1-10-6-4-5-7-13(10)8-9-17-15-11(2)14(16)18-12(3)19-15/h4-7H,8-9H2,1-3H3,(H3,16,17,18,19). The molecule has 0 aliphatic carbocycles. The Hall–Kier alpha value is -2.10. The Labute approximate surface area is 114 Å². The minimum absolute atomic E-state index is 0.547. The molecule has 0 amide bonds. The second-order valence-corrected chi connectivity index (χ2v) is 4.73. The number of nitrogens with zero attached hydrogens (tertiary/aromatic N) is 2. The first-order valence-corrected chi connectivity index (χ1v) is 6.47. The van der Waals surface area contributed by atoms with E-state index in [2.05, 4.69) is 46.5 Å². The monoisotopic (exact) mass is 256 g/mol. The molecule has 1 aromatic heterocycles. The number of anilines is 2. The Morgan fingerprint density at radius 2 is 1.84 bits per heavy atom. The fourth-order valence-electron chi connectivity index (χ4n) is 2.03. The number of aromatic nitrogens is 2. The Kier molecular flexibility index (Phi) is 4.00. The van der Waals surface area contributed by atoms with E-state index in [1.165, 1.54) is 11.1 Å². The topological polar surface area (TPSA) is 63.8 Å². The molecule has 0 aliphatic rings. The van der Waals surface area contributed by atoms with E-state index in [0.717, 1.165) is 24.3 Å². The summed E-state index contributed by atoms with van der Waals surface area (Å²) in [5, 5.41) is 3.34. The van der Waals surface area contributed by atoms with E-state index in [0.29, 0.717) is 11.6 Å². The van der Waals surface area contributed by atoms with Gasteiger partial charge in [-0.15, -0.1) is 0 Å². The van der Waals surface area contributed by atoms with Gasteiger partial charge in [0.15, 0.2) is 0 Å². The van der Waals surface area contributed by atoms with Crippen molar-refractivity contribution in [2.24, 2.45) is 0 Å². The maximum absolute atomic E-state index is 5.84. The number of benzene rings is 1. The van der Waals surface area contributed by atoms with Crippen LogP contribution in [0.3, 0.4) is 0 Å². The van der Waals surface area contributed by atoms with E-state index in [-0.39, 0.29) is 0 Å². The van der Waals surface area contributed by atoms with Crippen molar-refractivity contribution >= 4 is 11.6 Å². The second-order valence-electron chi connectivity index (χ2n) is 4.73. The first-order chi connectivity index (χ1) is 9.08. The number of aryl methyl sites for hydroxylation is 2. The SMILES string of the molecule is Cc1nc(N)c(C)c(NCCc2ccccc2C)n1. The van der Waals surface area contributed by atoms with Gasteiger partial charge in [0.05, 0.1) is 0 Å². The minimum atomic E-state index is 0.547. The molecular weight excluding hydrogens is 236 g/mol. The zero-order valence-corrected chi connectivity index (χ0v) is 11.7. The van der Waals surface area contributed by atoms with Gasteiger partial charge in [-0.2, -0.15) is 0 Å². The molecule has 0 saturated carbocycles. The summed E-state index contributed by atoms with van der Waals surface area (Å²) in [6.45, 7) is 6.75. The van der Waals surface area contributed by atoms with Crippen molar-refractivity contribution in [1.82, 2.24) is 9.97 Å². The third-order valence-electron chi connectivity index (χ3n) is 3.24. The van der Waals surface area contributed by atoms with Crippen LogP contribution < -0.4 is 11.1 Å². The molecule has 1 heterocycles. The molecule has 0 fully saturated rings. The Balaban J connectivity index is 2.02. The first kappa shape index (κ1) is 13.3. The highest BCUT2D eigenvalue weighted by atomic mass is 15.0. The van der Waals surface area contributed by atoms with E-state index in [1.807, 2.05) is 13.8 Å². The third-order valence-corrected chi connectivity index (χ3v) is 3.24. The summed E-state index contributed by atoms with van der Waals surface area (Å²) >= 11 is 0. The highest BCUT2D eigenvalue weighted by Gasteiger charge is 2.06. The third kappa shape index (κ3) is 3.22. The Bertz CT molecular complexity index is 578. The summed E-state index contributed by atoms with van der Waals surface area (Å²) in [6.07, 6.45) is 0.967. The molecule has 0 radical (unpaired) electrons. The summed E-state index contributed by atoms with van der Waals surface area (Å²) in [5.74, 6) is 2.07. The van der Waals surface area contributed by atoms with Gasteiger partial charge in [0.2, 0.25) is 0 Å². The number of nitrogen functional groups attached to an aromatic ring is 1. The zero-order chi connectivity index (χ0) is 13.8. The summed E-state index contributed by atoms with van der Waals surface area (Å²) < 4.78 is 0. The van der Waals surface area contributed by atoms with Crippen LogP contribution >= 0.6 is 0 Å². The highest BCUT2D eigenvalue weighted by molar-refractivity contribution is 5.54. The quantitative estimate of drug-likeness (QED) is 0.882. The van der Waals surface area contributed by atoms with Gasteiger partial charge in [-0.3, -0.25) is 0 Å². The molecule has 0 atom stereocenters. The van der Waals surface area contributed by atoms with Crippen LogP contribution in [0, 0.1) is 20.8 Å². The molecule has 100 valence electrons. The lowest BCUT2D eigenvalue weighted by molar-refractivity contribution is 0.967. The number of hydrogen-bond donors (Lipinski definition) is 2. The molecule has 19 heavy (non-hydrogen) atoms. The van der Waals surface area contributed by atoms with Crippen molar-refractivity contribution < 1.29 is 0 Å². The van der Waals surface area contributed by atoms with E-state index in [1.54, 1.807) is 0 Å². The largest absolute Gasteiger partial charge is 0.383 e. The van der Waals surface area contributed by atoms with Crippen LogP contribution in [-0.4, -0.2) is 16.5 Å². The van der Waals surface area contributed by atoms with Crippen LogP contribution in [0.15, 0.2) is 24.3 Å². The maximum atomic E-state index is 5.84. The summed E-state index contributed by atoms with van der Waals surface area (Å²) in [4.78, 5) is 8.53. The minimum Gasteiger partial charge on any atom is -0.383 e. The summed E-state index contributed by atoms with van der Waals surface area (Å²) in [6, 6.07) is 8.42. The van der Waals surface area contributed by atoms with Gasteiger partial charge in [-0.1, -0.05) is 24.3 Å². The van der Waals surface area contributed by atoms with Crippen molar-refractivity contribution in [1.29, 1.82) is 0 Å². The van der Waals surface area contributed by atoms with Gasteiger partial charge in [0, 0.05) is 12.1 Å². The van der Waals surface area contributed by atoms with Crippen molar-refractivity contribution in [3.63, 3.8) is 0 Å². The van der Waals surface area contributed by atoms with Gasteiger partial charge < -0.3 is 11.1 Å². The lowest BCUT2D eigenvalue weighted by Gasteiger charge is -2.11. The first-order valence-electron chi connectivity index (χ1n) is 6.47. The van der Waals surface area contributed by atoms with Crippen LogP contribution in [0.5, 0.6) is 0 Å². The molecule has 4 heteroatoms. The van der Waals surface area contributed by atoms with Crippen LogP contribution in [-0.2, 0) is 6.42 Å². The predicted molar refractivity (Wildman–Crippen MR) is 79.3 cm³/mol. The Morgan fingerprint density at radius 1 is 1.11 bits per heavy atom. The molecule has 0 unspecified atom stereocenters. The second kappa shape index (κ2) is 5.69. The molecule has 2 rings (SSSR count). The van der Waals surface area contributed by atoms with Crippen LogP contribution in [0.25, 0.3) is 0 Å². The van der Waals surface area contributed by atoms with Crippen molar-refractivity contribution in [2.45, 2.75) is 27.2 Å². The highest BCUT2D eigenvalue weighted by Crippen LogP contribution is 2.17. The van der Waals surface area contributed by atoms with Gasteiger partial charge in [0.1, 0.15) is 17.5 Å². The van der Waals surface area contributed by atoms with Crippen LogP contribution in [0.1, 0.15) is 22.5 Å². The molecule has 1 aromatic carbocycles. The van der Waals surface area contributed by atoms with E-state index in [4.69, 9.17) is 5.73 Å². The molecule has 3 N–H and O–H groups in total. The fourth-order valence-corrected chi connectivity index (χ4v) is 2.03. The molecule has 4 nitrogen and oxygen atoms in total.